The summed E-state index contributed by atoms with van der Waals surface area (Å²) in [7, 11) is 0. The number of aliphatic imine (C=N–C) groups is 1. The van der Waals surface area contributed by atoms with Crippen molar-refractivity contribution in [2.75, 3.05) is 12.3 Å². The van der Waals surface area contributed by atoms with Crippen LogP contribution < -0.4 is 0 Å². The third kappa shape index (κ3) is 1.25. The summed E-state index contributed by atoms with van der Waals surface area (Å²) in [4.78, 5) is 4.31. The minimum Gasteiger partial charge on any atom is -0.282 e. The van der Waals surface area contributed by atoms with Gasteiger partial charge in [-0.15, -0.1) is 11.8 Å². The minimum atomic E-state index is 0.655. The zero-order valence-corrected chi connectivity index (χ0v) is 6.16. The van der Waals surface area contributed by atoms with Crippen molar-refractivity contribution in [3.8, 4) is 0 Å². The number of nitrogens with zero attached hydrogens (tertiary/aromatic N) is 1. The van der Waals surface area contributed by atoms with Crippen LogP contribution in [0.1, 0.15) is 13.8 Å². The molecule has 0 aromatic rings. The maximum absolute atomic E-state index is 4.31. The zero-order chi connectivity index (χ0) is 5.98. The predicted octanol–water partition coefficient (Wildman–Crippen LogP) is 1.79. The lowest BCUT2D eigenvalue weighted by Crippen LogP contribution is -1.97. The van der Waals surface area contributed by atoms with Crippen molar-refractivity contribution < 1.29 is 0 Å². The molecule has 8 heavy (non-hydrogen) atoms. The molecule has 0 N–H and O–H groups in total. The lowest BCUT2D eigenvalue weighted by Gasteiger charge is -1.99. The molecule has 0 saturated carbocycles. The Hall–Kier alpha value is 0.0200. The molecule has 0 unspecified atom stereocenters. The molecule has 0 spiro atoms. The lowest BCUT2D eigenvalue weighted by molar-refractivity contribution is 0.896. The van der Waals surface area contributed by atoms with Crippen LogP contribution in [0.2, 0.25) is 0 Å². The highest BCUT2D eigenvalue weighted by atomic mass is 32.2. The van der Waals surface area contributed by atoms with E-state index < -0.39 is 0 Å². The van der Waals surface area contributed by atoms with Crippen molar-refractivity contribution in [2.45, 2.75) is 13.8 Å². The fourth-order valence-electron chi connectivity index (χ4n) is 0.701. The summed E-state index contributed by atoms with van der Waals surface area (Å²) in [6, 6.07) is 0. The van der Waals surface area contributed by atoms with Gasteiger partial charge in [-0.25, -0.2) is 0 Å². The first-order chi connectivity index (χ1) is 3.80. The molecule has 0 saturated heterocycles. The number of thioether (sulfide) groups is 1. The van der Waals surface area contributed by atoms with E-state index in [1.54, 1.807) is 0 Å². The first-order valence-electron chi connectivity index (χ1n) is 2.98. The monoisotopic (exact) mass is 129 g/mol. The smallest absolute Gasteiger partial charge is 0.0702 e. The van der Waals surface area contributed by atoms with Gasteiger partial charge in [-0.3, -0.25) is 4.99 Å². The van der Waals surface area contributed by atoms with Crippen molar-refractivity contribution in [1.82, 2.24) is 0 Å². The van der Waals surface area contributed by atoms with E-state index in [0.717, 1.165) is 6.54 Å². The summed E-state index contributed by atoms with van der Waals surface area (Å²) in [5.41, 5.74) is 0. The summed E-state index contributed by atoms with van der Waals surface area (Å²) >= 11 is 1.90. The number of hydrogen-bond acceptors (Lipinski definition) is 2. The maximum atomic E-state index is 4.31. The van der Waals surface area contributed by atoms with Gasteiger partial charge in [-0.05, 0) is 0 Å². The molecule has 1 aliphatic rings. The van der Waals surface area contributed by atoms with Gasteiger partial charge >= 0.3 is 0 Å². The molecule has 0 amide bonds. The van der Waals surface area contributed by atoms with Gasteiger partial charge in [0.05, 0.1) is 5.04 Å². The Bertz CT molecular complexity index is 107. The van der Waals surface area contributed by atoms with E-state index in [-0.39, 0.29) is 0 Å². The summed E-state index contributed by atoms with van der Waals surface area (Å²) < 4.78 is 0. The van der Waals surface area contributed by atoms with E-state index >= 15 is 0 Å². The standard InChI is InChI=1S/C6H11NS/c1-5(2)6-7-3-4-8-6/h5H,3-4H2,1-2H3. The molecule has 0 aromatic carbocycles. The van der Waals surface area contributed by atoms with Gasteiger partial charge in [0, 0.05) is 18.2 Å². The van der Waals surface area contributed by atoms with E-state index in [2.05, 4.69) is 18.8 Å². The van der Waals surface area contributed by atoms with Crippen LogP contribution in [-0.4, -0.2) is 17.3 Å². The average Bonchev–Trinajstić information content (AvgIpc) is 2.12. The molecule has 0 atom stereocenters. The van der Waals surface area contributed by atoms with Crippen LogP contribution in [0, 0.1) is 5.92 Å². The molecule has 0 bridgehead atoms. The second kappa shape index (κ2) is 2.53. The van der Waals surface area contributed by atoms with Gasteiger partial charge in [-0.2, -0.15) is 0 Å². The molecule has 1 aliphatic heterocycles. The van der Waals surface area contributed by atoms with Crippen LogP contribution in [0.4, 0.5) is 0 Å². The highest BCUT2D eigenvalue weighted by Crippen LogP contribution is 2.17. The van der Waals surface area contributed by atoms with E-state index in [1.165, 1.54) is 10.8 Å². The van der Waals surface area contributed by atoms with E-state index in [1.807, 2.05) is 11.8 Å². The third-order valence-electron chi connectivity index (χ3n) is 1.10. The summed E-state index contributed by atoms with van der Waals surface area (Å²) in [6.45, 7) is 5.42. The van der Waals surface area contributed by atoms with Crippen molar-refractivity contribution in [1.29, 1.82) is 0 Å². The molecule has 2 heteroatoms. The van der Waals surface area contributed by atoms with E-state index in [9.17, 15) is 0 Å². The highest BCUT2D eigenvalue weighted by molar-refractivity contribution is 8.14. The molecule has 1 heterocycles. The summed E-state index contributed by atoms with van der Waals surface area (Å²) in [5.74, 6) is 1.86. The quantitative estimate of drug-likeness (QED) is 0.525. The summed E-state index contributed by atoms with van der Waals surface area (Å²) in [6.07, 6.45) is 0. The van der Waals surface area contributed by atoms with Crippen molar-refractivity contribution in [3.63, 3.8) is 0 Å². The Kier molecular flexibility index (Phi) is 1.95. The van der Waals surface area contributed by atoms with Gasteiger partial charge in [-0.1, -0.05) is 13.8 Å². The molecular formula is C6H11NS. The van der Waals surface area contributed by atoms with Crippen LogP contribution in [0.5, 0.6) is 0 Å². The topological polar surface area (TPSA) is 12.4 Å². The van der Waals surface area contributed by atoms with Gasteiger partial charge in [0.1, 0.15) is 0 Å². The minimum absolute atomic E-state index is 0.655. The first-order valence-corrected chi connectivity index (χ1v) is 3.96. The Morgan fingerprint density at radius 1 is 1.62 bits per heavy atom. The first kappa shape index (κ1) is 6.14. The molecule has 0 aromatic heterocycles. The van der Waals surface area contributed by atoms with Crippen LogP contribution in [0.15, 0.2) is 4.99 Å². The second-order valence-corrected chi connectivity index (χ2v) is 3.34. The Balaban J connectivity index is 2.45. The largest absolute Gasteiger partial charge is 0.282 e. The average molecular weight is 129 g/mol. The normalized spacial score (nSPS) is 19.6. The van der Waals surface area contributed by atoms with Crippen LogP contribution >= 0.6 is 11.8 Å². The van der Waals surface area contributed by atoms with E-state index in [4.69, 9.17) is 0 Å². The van der Waals surface area contributed by atoms with Crippen LogP contribution in [0.25, 0.3) is 0 Å². The van der Waals surface area contributed by atoms with Gasteiger partial charge in [0.2, 0.25) is 0 Å². The molecule has 1 rings (SSSR count). The lowest BCUT2D eigenvalue weighted by atomic mass is 10.2. The molecule has 46 valence electrons. The number of hydrogen-bond donors (Lipinski definition) is 0. The predicted molar refractivity (Wildman–Crippen MR) is 39.6 cm³/mol. The van der Waals surface area contributed by atoms with Crippen LogP contribution in [0.3, 0.4) is 0 Å². The second-order valence-electron chi connectivity index (χ2n) is 2.22. The van der Waals surface area contributed by atoms with Gasteiger partial charge < -0.3 is 0 Å². The Morgan fingerprint density at radius 3 is 2.62 bits per heavy atom. The molecule has 1 nitrogen and oxygen atoms in total. The summed E-state index contributed by atoms with van der Waals surface area (Å²) in [5, 5.41) is 1.34. The molecule has 0 aliphatic carbocycles. The fraction of sp³-hybridized carbons (Fsp3) is 0.833. The zero-order valence-electron chi connectivity index (χ0n) is 5.35. The van der Waals surface area contributed by atoms with Crippen molar-refractivity contribution >= 4 is 16.8 Å². The highest BCUT2D eigenvalue weighted by Gasteiger charge is 2.09. The van der Waals surface area contributed by atoms with Crippen molar-refractivity contribution in [2.24, 2.45) is 10.9 Å². The van der Waals surface area contributed by atoms with Crippen molar-refractivity contribution in [3.05, 3.63) is 0 Å². The van der Waals surface area contributed by atoms with Gasteiger partial charge in [0.25, 0.3) is 0 Å². The van der Waals surface area contributed by atoms with E-state index in [0.29, 0.717) is 5.92 Å². The maximum Gasteiger partial charge on any atom is 0.0702 e. The number of rotatable bonds is 1. The molecular weight excluding hydrogens is 118 g/mol. The van der Waals surface area contributed by atoms with Gasteiger partial charge in [0.15, 0.2) is 0 Å². The Labute approximate surface area is 54.6 Å². The fourth-order valence-corrected chi connectivity index (χ4v) is 1.61. The third-order valence-corrected chi connectivity index (χ3v) is 2.39. The molecule has 0 fully saturated rings. The SMILES string of the molecule is CC(C)C1=NCCS1. The molecule has 0 radical (unpaired) electrons. The Morgan fingerprint density at radius 2 is 2.38 bits per heavy atom. The van der Waals surface area contributed by atoms with Crippen LogP contribution in [-0.2, 0) is 0 Å².